The van der Waals surface area contributed by atoms with Gasteiger partial charge >= 0.3 is 0 Å². The summed E-state index contributed by atoms with van der Waals surface area (Å²) in [6.07, 6.45) is -0.191. The Labute approximate surface area is 107 Å². The third kappa shape index (κ3) is 10.7. The minimum Gasteiger partial charge on any atom is -0.389 e. The van der Waals surface area contributed by atoms with E-state index in [1.807, 2.05) is 13.8 Å². The van der Waals surface area contributed by atoms with E-state index in [0.717, 1.165) is 13.1 Å². The lowest BCUT2D eigenvalue weighted by atomic mass is 10.1. The van der Waals surface area contributed by atoms with Crippen LogP contribution in [0.5, 0.6) is 0 Å². The molecule has 17 heavy (non-hydrogen) atoms. The summed E-state index contributed by atoms with van der Waals surface area (Å²) in [6, 6.07) is 0. The minimum absolute atomic E-state index is 0.188. The number of aliphatic hydroxyl groups excluding tert-OH is 1. The molecular formula is C14H31NO2. The van der Waals surface area contributed by atoms with E-state index in [2.05, 4.69) is 32.6 Å². The van der Waals surface area contributed by atoms with Crippen molar-refractivity contribution < 1.29 is 9.84 Å². The summed E-state index contributed by atoms with van der Waals surface area (Å²) in [7, 11) is 0. The highest BCUT2D eigenvalue weighted by Gasteiger charge is 2.14. The maximum atomic E-state index is 9.93. The fraction of sp³-hybridized carbons (Fsp3) is 1.00. The van der Waals surface area contributed by atoms with Crippen LogP contribution in [0, 0.1) is 11.8 Å². The average Bonchev–Trinajstić information content (AvgIpc) is 2.12. The quantitative estimate of drug-likeness (QED) is 0.677. The highest BCUT2D eigenvalue weighted by molar-refractivity contribution is 4.67. The van der Waals surface area contributed by atoms with E-state index in [1.54, 1.807) is 0 Å². The van der Waals surface area contributed by atoms with Crippen LogP contribution in [0.4, 0.5) is 0 Å². The lowest BCUT2D eigenvalue weighted by Crippen LogP contribution is -2.39. The molecule has 0 fully saturated rings. The van der Waals surface area contributed by atoms with Crippen molar-refractivity contribution in [3.63, 3.8) is 0 Å². The molecule has 104 valence electrons. The molecule has 0 saturated heterocycles. The van der Waals surface area contributed by atoms with E-state index in [0.29, 0.717) is 25.0 Å². The summed E-state index contributed by atoms with van der Waals surface area (Å²) in [4.78, 5) is 2.34. The number of aliphatic hydroxyl groups is 1. The molecule has 0 spiro atoms. The number of rotatable bonds is 9. The first-order valence-corrected chi connectivity index (χ1v) is 6.83. The van der Waals surface area contributed by atoms with Gasteiger partial charge in [0.25, 0.3) is 0 Å². The van der Waals surface area contributed by atoms with Gasteiger partial charge in [-0.3, -0.25) is 0 Å². The zero-order valence-corrected chi connectivity index (χ0v) is 12.4. The van der Waals surface area contributed by atoms with Crippen molar-refractivity contribution >= 4 is 0 Å². The summed E-state index contributed by atoms with van der Waals surface area (Å²) in [5.41, 5.74) is 0. The van der Waals surface area contributed by atoms with E-state index >= 15 is 0 Å². The zero-order valence-electron chi connectivity index (χ0n) is 12.4. The van der Waals surface area contributed by atoms with Crippen LogP contribution in [0.3, 0.4) is 0 Å². The second-order valence-corrected chi connectivity index (χ2v) is 6.04. The zero-order chi connectivity index (χ0) is 13.4. The van der Waals surface area contributed by atoms with Crippen molar-refractivity contribution in [3.05, 3.63) is 0 Å². The van der Waals surface area contributed by atoms with Crippen molar-refractivity contribution in [2.75, 3.05) is 26.2 Å². The SMILES string of the molecule is CC(C)CN(CC(C)C)CC(O)COC(C)C. The van der Waals surface area contributed by atoms with Crippen LogP contribution in [-0.4, -0.2) is 48.5 Å². The number of ether oxygens (including phenoxy) is 1. The molecule has 0 aromatic carbocycles. The van der Waals surface area contributed by atoms with E-state index in [4.69, 9.17) is 4.74 Å². The standard InChI is InChI=1S/C14H31NO2/c1-11(2)7-15(8-12(3)4)9-14(16)10-17-13(5)6/h11-14,16H,7-10H2,1-6H3. The summed E-state index contributed by atoms with van der Waals surface area (Å²) in [5, 5.41) is 9.93. The van der Waals surface area contributed by atoms with Crippen molar-refractivity contribution in [2.24, 2.45) is 11.8 Å². The molecule has 0 rings (SSSR count). The molecule has 0 aliphatic heterocycles. The normalized spacial score (nSPS) is 14.3. The molecule has 3 nitrogen and oxygen atoms in total. The molecular weight excluding hydrogens is 214 g/mol. The van der Waals surface area contributed by atoms with Crippen molar-refractivity contribution in [1.82, 2.24) is 4.90 Å². The Morgan fingerprint density at radius 3 is 1.71 bits per heavy atom. The molecule has 0 aliphatic rings. The van der Waals surface area contributed by atoms with Gasteiger partial charge in [0.2, 0.25) is 0 Å². The van der Waals surface area contributed by atoms with Crippen LogP contribution in [0.15, 0.2) is 0 Å². The van der Waals surface area contributed by atoms with Gasteiger partial charge in [-0.1, -0.05) is 27.7 Å². The highest BCUT2D eigenvalue weighted by Crippen LogP contribution is 2.05. The summed E-state index contributed by atoms with van der Waals surface area (Å²) in [5.74, 6) is 1.26. The van der Waals surface area contributed by atoms with Gasteiger partial charge in [0, 0.05) is 19.6 Å². The Balaban J connectivity index is 4.03. The van der Waals surface area contributed by atoms with E-state index < -0.39 is 0 Å². The van der Waals surface area contributed by atoms with Crippen LogP contribution in [0.2, 0.25) is 0 Å². The van der Waals surface area contributed by atoms with Crippen molar-refractivity contribution in [1.29, 1.82) is 0 Å². The van der Waals surface area contributed by atoms with Gasteiger partial charge in [0.05, 0.1) is 18.8 Å². The molecule has 0 radical (unpaired) electrons. The maximum absolute atomic E-state index is 9.93. The van der Waals surface area contributed by atoms with Gasteiger partial charge in [0.1, 0.15) is 0 Å². The third-order valence-electron chi connectivity index (χ3n) is 2.34. The molecule has 0 aromatic heterocycles. The van der Waals surface area contributed by atoms with Crippen LogP contribution in [-0.2, 0) is 4.74 Å². The Morgan fingerprint density at radius 2 is 1.35 bits per heavy atom. The first-order valence-electron chi connectivity index (χ1n) is 6.83. The predicted octanol–water partition coefficient (Wildman–Crippen LogP) is 2.39. The van der Waals surface area contributed by atoms with Crippen molar-refractivity contribution in [3.8, 4) is 0 Å². The summed E-state index contributed by atoms with van der Waals surface area (Å²) < 4.78 is 5.44. The molecule has 0 aliphatic carbocycles. The fourth-order valence-corrected chi connectivity index (χ4v) is 1.91. The molecule has 0 aromatic rings. The highest BCUT2D eigenvalue weighted by atomic mass is 16.5. The Bertz CT molecular complexity index is 171. The third-order valence-corrected chi connectivity index (χ3v) is 2.34. The predicted molar refractivity (Wildman–Crippen MR) is 73.2 cm³/mol. The molecule has 1 N–H and O–H groups in total. The molecule has 0 heterocycles. The fourth-order valence-electron chi connectivity index (χ4n) is 1.91. The summed E-state index contributed by atoms with van der Waals surface area (Å²) >= 11 is 0. The van der Waals surface area contributed by atoms with E-state index in [-0.39, 0.29) is 12.2 Å². The lowest BCUT2D eigenvalue weighted by Gasteiger charge is -2.28. The Morgan fingerprint density at radius 1 is 0.882 bits per heavy atom. The molecule has 3 heteroatoms. The number of nitrogens with zero attached hydrogens (tertiary/aromatic N) is 1. The van der Waals surface area contributed by atoms with Gasteiger partial charge in [-0.15, -0.1) is 0 Å². The maximum Gasteiger partial charge on any atom is 0.0900 e. The van der Waals surface area contributed by atoms with E-state index in [1.165, 1.54) is 0 Å². The number of hydrogen-bond acceptors (Lipinski definition) is 3. The van der Waals surface area contributed by atoms with Crippen LogP contribution in [0.1, 0.15) is 41.5 Å². The lowest BCUT2D eigenvalue weighted by molar-refractivity contribution is -0.0110. The van der Waals surface area contributed by atoms with Gasteiger partial charge < -0.3 is 14.7 Å². The minimum atomic E-state index is -0.380. The van der Waals surface area contributed by atoms with Gasteiger partial charge in [-0.2, -0.15) is 0 Å². The molecule has 0 bridgehead atoms. The van der Waals surface area contributed by atoms with Crippen LogP contribution >= 0.6 is 0 Å². The van der Waals surface area contributed by atoms with E-state index in [9.17, 15) is 5.11 Å². The molecule has 0 amide bonds. The molecule has 1 unspecified atom stereocenters. The largest absolute Gasteiger partial charge is 0.389 e. The van der Waals surface area contributed by atoms with Crippen molar-refractivity contribution in [2.45, 2.75) is 53.8 Å². The van der Waals surface area contributed by atoms with Gasteiger partial charge in [0.15, 0.2) is 0 Å². The average molecular weight is 245 g/mol. The summed E-state index contributed by atoms with van der Waals surface area (Å²) in [6.45, 7) is 16.1. The molecule has 1 atom stereocenters. The number of hydrogen-bond donors (Lipinski definition) is 1. The Kier molecular flexibility index (Phi) is 8.83. The monoisotopic (exact) mass is 245 g/mol. The van der Waals surface area contributed by atoms with Gasteiger partial charge in [-0.25, -0.2) is 0 Å². The first kappa shape index (κ1) is 16.9. The topological polar surface area (TPSA) is 32.7 Å². The van der Waals surface area contributed by atoms with Crippen LogP contribution < -0.4 is 0 Å². The van der Waals surface area contributed by atoms with Crippen LogP contribution in [0.25, 0.3) is 0 Å². The first-order chi connectivity index (χ1) is 7.81. The molecule has 0 saturated carbocycles. The second kappa shape index (κ2) is 8.90. The smallest absolute Gasteiger partial charge is 0.0900 e. The van der Waals surface area contributed by atoms with Gasteiger partial charge in [-0.05, 0) is 25.7 Å². The second-order valence-electron chi connectivity index (χ2n) is 6.04. The Hall–Kier alpha value is -0.120.